The predicted molar refractivity (Wildman–Crippen MR) is 82.0 cm³/mol. The summed E-state index contributed by atoms with van der Waals surface area (Å²) in [6, 6.07) is 13.4. The first kappa shape index (κ1) is 14.9. The summed E-state index contributed by atoms with van der Waals surface area (Å²) >= 11 is 0. The van der Waals surface area contributed by atoms with Gasteiger partial charge in [0, 0.05) is 5.56 Å². The number of rotatable bonds is 4. The number of carbonyl (C=O) groups excluding carboxylic acids is 1. The second kappa shape index (κ2) is 6.39. The lowest BCUT2D eigenvalue weighted by molar-refractivity contribution is 0.0943. The third kappa shape index (κ3) is 3.42. The molecule has 3 aromatic rings. The van der Waals surface area contributed by atoms with Crippen LogP contribution in [0, 0.1) is 12.7 Å². The summed E-state index contributed by atoms with van der Waals surface area (Å²) in [5, 5.41) is 10.4. The van der Waals surface area contributed by atoms with Gasteiger partial charge in [0.1, 0.15) is 5.82 Å². The minimum absolute atomic E-state index is 0.0223. The summed E-state index contributed by atoms with van der Waals surface area (Å²) in [6.07, 6.45) is 0. The van der Waals surface area contributed by atoms with Gasteiger partial charge in [0.15, 0.2) is 0 Å². The van der Waals surface area contributed by atoms with Gasteiger partial charge in [0.05, 0.1) is 12.1 Å². The molecule has 116 valence electrons. The molecule has 0 atom stereocenters. The van der Waals surface area contributed by atoms with Crippen molar-refractivity contribution in [1.29, 1.82) is 0 Å². The maximum absolute atomic E-state index is 13.5. The molecule has 0 bridgehead atoms. The number of carbonyl (C=O) groups is 1. The van der Waals surface area contributed by atoms with Crippen molar-refractivity contribution in [2.24, 2.45) is 0 Å². The Labute approximate surface area is 132 Å². The zero-order chi connectivity index (χ0) is 16.2. The molecule has 0 radical (unpaired) electrons. The summed E-state index contributed by atoms with van der Waals surface area (Å²) in [4.78, 5) is 11.9. The third-order valence-electron chi connectivity index (χ3n) is 3.25. The Bertz CT molecular complexity index is 845. The summed E-state index contributed by atoms with van der Waals surface area (Å²) in [5.41, 5.74) is 1.87. The Kier molecular flexibility index (Phi) is 4.14. The second-order valence-corrected chi connectivity index (χ2v) is 5.03. The fourth-order valence-electron chi connectivity index (χ4n) is 2.12. The molecule has 1 heterocycles. The molecule has 6 heteroatoms. The largest absolute Gasteiger partial charge is 0.419 e. The quantitative estimate of drug-likeness (QED) is 0.804. The van der Waals surface area contributed by atoms with E-state index >= 15 is 0 Å². The first-order chi connectivity index (χ1) is 11.1. The number of hydrogen-bond donors (Lipinski definition) is 1. The standard InChI is InChI=1S/C17H14FN3O2/c1-11-5-4-6-12(9-11)17-21-20-15(23-17)10-19-16(22)13-7-2-3-8-14(13)18/h2-9H,10H2,1H3,(H,19,22). The van der Waals surface area contributed by atoms with Gasteiger partial charge in [0.25, 0.3) is 5.91 Å². The van der Waals surface area contributed by atoms with Gasteiger partial charge in [-0.15, -0.1) is 10.2 Å². The number of amides is 1. The molecule has 3 rings (SSSR count). The zero-order valence-corrected chi connectivity index (χ0v) is 12.4. The van der Waals surface area contributed by atoms with Crippen LogP contribution in [0.1, 0.15) is 21.8 Å². The van der Waals surface area contributed by atoms with Crippen LogP contribution in [0.3, 0.4) is 0 Å². The van der Waals surface area contributed by atoms with E-state index in [1.165, 1.54) is 18.2 Å². The van der Waals surface area contributed by atoms with Crippen molar-refractivity contribution >= 4 is 5.91 Å². The molecule has 0 unspecified atom stereocenters. The van der Waals surface area contributed by atoms with Crippen molar-refractivity contribution in [3.8, 4) is 11.5 Å². The van der Waals surface area contributed by atoms with E-state index in [0.29, 0.717) is 5.89 Å². The highest BCUT2D eigenvalue weighted by Gasteiger charge is 2.13. The fourth-order valence-corrected chi connectivity index (χ4v) is 2.12. The van der Waals surface area contributed by atoms with Gasteiger partial charge < -0.3 is 9.73 Å². The monoisotopic (exact) mass is 311 g/mol. The van der Waals surface area contributed by atoms with Gasteiger partial charge in [-0.25, -0.2) is 4.39 Å². The molecular weight excluding hydrogens is 297 g/mol. The average molecular weight is 311 g/mol. The lowest BCUT2D eigenvalue weighted by atomic mass is 10.1. The zero-order valence-electron chi connectivity index (χ0n) is 12.4. The summed E-state index contributed by atoms with van der Waals surface area (Å²) < 4.78 is 19.0. The van der Waals surface area contributed by atoms with Gasteiger partial charge in [-0.05, 0) is 31.2 Å². The van der Waals surface area contributed by atoms with Crippen LogP contribution >= 0.6 is 0 Å². The fraction of sp³-hybridized carbons (Fsp3) is 0.118. The van der Waals surface area contributed by atoms with Gasteiger partial charge in [-0.3, -0.25) is 4.79 Å². The molecular formula is C17H14FN3O2. The van der Waals surface area contributed by atoms with Crippen molar-refractivity contribution in [3.05, 3.63) is 71.4 Å². The predicted octanol–water partition coefficient (Wildman–Crippen LogP) is 3.11. The summed E-state index contributed by atoms with van der Waals surface area (Å²) in [5.74, 6) is -0.468. The smallest absolute Gasteiger partial charge is 0.254 e. The molecule has 0 aliphatic heterocycles. The highest BCUT2D eigenvalue weighted by Crippen LogP contribution is 2.18. The van der Waals surface area contributed by atoms with E-state index in [-0.39, 0.29) is 18.0 Å². The molecule has 2 aromatic carbocycles. The Morgan fingerprint density at radius 1 is 1.17 bits per heavy atom. The van der Waals surface area contributed by atoms with E-state index in [4.69, 9.17) is 4.42 Å². The average Bonchev–Trinajstić information content (AvgIpc) is 3.02. The van der Waals surface area contributed by atoms with Crippen LogP contribution in [0.15, 0.2) is 52.9 Å². The number of hydrogen-bond acceptors (Lipinski definition) is 4. The topological polar surface area (TPSA) is 68.0 Å². The Morgan fingerprint density at radius 2 is 2.00 bits per heavy atom. The highest BCUT2D eigenvalue weighted by molar-refractivity contribution is 5.94. The van der Waals surface area contributed by atoms with Crippen LogP contribution < -0.4 is 5.32 Å². The van der Waals surface area contributed by atoms with Crippen LogP contribution in [-0.2, 0) is 6.54 Å². The molecule has 0 aliphatic rings. The second-order valence-electron chi connectivity index (χ2n) is 5.03. The molecule has 0 fully saturated rings. The SMILES string of the molecule is Cc1cccc(-c2nnc(CNC(=O)c3ccccc3F)o2)c1. The first-order valence-corrected chi connectivity index (χ1v) is 7.05. The summed E-state index contributed by atoms with van der Waals surface area (Å²) in [6.45, 7) is 2.00. The van der Waals surface area contributed by atoms with Crippen LogP contribution in [0.2, 0.25) is 0 Å². The first-order valence-electron chi connectivity index (χ1n) is 7.05. The van der Waals surface area contributed by atoms with Gasteiger partial charge in [-0.1, -0.05) is 29.8 Å². The number of aryl methyl sites for hydroxylation is 1. The molecule has 0 spiro atoms. The van der Waals surface area contributed by atoms with Crippen molar-refractivity contribution in [2.45, 2.75) is 13.5 Å². The van der Waals surface area contributed by atoms with Crippen LogP contribution in [-0.4, -0.2) is 16.1 Å². The minimum atomic E-state index is -0.573. The normalized spacial score (nSPS) is 10.5. The van der Waals surface area contributed by atoms with Crippen molar-refractivity contribution < 1.29 is 13.6 Å². The molecule has 5 nitrogen and oxygen atoms in total. The van der Waals surface area contributed by atoms with Gasteiger partial charge >= 0.3 is 0 Å². The third-order valence-corrected chi connectivity index (χ3v) is 3.25. The Hall–Kier alpha value is -3.02. The van der Waals surface area contributed by atoms with Crippen molar-refractivity contribution in [1.82, 2.24) is 15.5 Å². The molecule has 23 heavy (non-hydrogen) atoms. The lowest BCUT2D eigenvalue weighted by Gasteiger charge is -2.03. The highest BCUT2D eigenvalue weighted by atomic mass is 19.1. The number of halogens is 1. The minimum Gasteiger partial charge on any atom is -0.419 e. The van der Waals surface area contributed by atoms with Crippen LogP contribution in [0.25, 0.3) is 11.5 Å². The summed E-state index contributed by atoms with van der Waals surface area (Å²) in [7, 11) is 0. The number of benzene rings is 2. The molecule has 1 aromatic heterocycles. The molecule has 1 amide bonds. The van der Waals surface area contributed by atoms with E-state index < -0.39 is 11.7 Å². The number of aromatic nitrogens is 2. The molecule has 1 N–H and O–H groups in total. The lowest BCUT2D eigenvalue weighted by Crippen LogP contribution is -2.23. The van der Waals surface area contributed by atoms with Crippen LogP contribution in [0.5, 0.6) is 0 Å². The van der Waals surface area contributed by atoms with E-state index in [9.17, 15) is 9.18 Å². The van der Waals surface area contributed by atoms with E-state index in [1.54, 1.807) is 6.07 Å². The van der Waals surface area contributed by atoms with Crippen molar-refractivity contribution in [2.75, 3.05) is 0 Å². The van der Waals surface area contributed by atoms with Crippen molar-refractivity contribution in [3.63, 3.8) is 0 Å². The Morgan fingerprint density at radius 3 is 2.78 bits per heavy atom. The van der Waals surface area contributed by atoms with Gasteiger partial charge in [0.2, 0.25) is 11.8 Å². The van der Waals surface area contributed by atoms with E-state index in [0.717, 1.165) is 11.1 Å². The molecule has 0 saturated heterocycles. The maximum Gasteiger partial charge on any atom is 0.254 e. The molecule has 0 aliphatic carbocycles. The van der Waals surface area contributed by atoms with E-state index in [2.05, 4.69) is 15.5 Å². The van der Waals surface area contributed by atoms with Gasteiger partial charge in [-0.2, -0.15) is 0 Å². The Balaban J connectivity index is 1.68. The number of nitrogens with one attached hydrogen (secondary N) is 1. The number of nitrogens with zero attached hydrogens (tertiary/aromatic N) is 2. The van der Waals surface area contributed by atoms with E-state index in [1.807, 2.05) is 31.2 Å². The molecule has 0 saturated carbocycles. The maximum atomic E-state index is 13.5. The van der Waals surface area contributed by atoms with Crippen LogP contribution in [0.4, 0.5) is 4.39 Å².